The molecule has 0 aliphatic carbocycles. The van der Waals surface area contributed by atoms with Gasteiger partial charge in [0.1, 0.15) is 0 Å². The summed E-state index contributed by atoms with van der Waals surface area (Å²) in [4.78, 5) is 0. The fraction of sp³-hybridized carbons (Fsp3) is 0.0508. The first kappa shape index (κ1) is 37.6. The number of fused-ring (bicyclic) bond motifs is 6. The predicted octanol–water partition coefficient (Wildman–Crippen LogP) is 15.2. The van der Waals surface area contributed by atoms with E-state index in [2.05, 4.69) is 206 Å². The third-order valence-electron chi connectivity index (χ3n) is 12.7. The van der Waals surface area contributed by atoms with Crippen molar-refractivity contribution >= 4 is 43.6 Å². The fourth-order valence-electron chi connectivity index (χ4n) is 9.52. The van der Waals surface area contributed by atoms with Crippen molar-refractivity contribution in [1.29, 1.82) is 10.5 Å². The Bertz CT molecular complexity index is 3720. The minimum atomic E-state index is 0.574. The number of hydrogen-bond donors (Lipinski definition) is 0. The Balaban J connectivity index is 1.19. The van der Waals surface area contributed by atoms with Gasteiger partial charge in [-0.3, -0.25) is 0 Å². The van der Waals surface area contributed by atoms with Crippen molar-refractivity contribution in [3.63, 3.8) is 0 Å². The second-order valence-electron chi connectivity index (χ2n) is 16.6. The second kappa shape index (κ2) is 14.9. The standard InChI is InChI=1S/C59H40N4/c1-37-12-18-42(19-13-37)44-22-28-57-53(32-44)49-8-4-6-10-55(49)62(57)46-24-26-48(47-25-16-40(35-60)30-39(47)3)51(34-46)52-31-41(36-61)17-27-58(52)63-56-11-7-5-9-50(56)54-33-45(23-29-59(54)63)43-20-14-38(2)15-21-43/h4-34H,1-3H3. The molecule has 0 amide bonds. The summed E-state index contributed by atoms with van der Waals surface area (Å²) in [5.74, 6) is 0. The maximum absolute atomic E-state index is 10.5. The third kappa shape index (κ3) is 6.28. The smallest absolute Gasteiger partial charge is 0.0991 e. The van der Waals surface area contributed by atoms with E-state index in [4.69, 9.17) is 0 Å². The average molecular weight is 805 g/mol. The van der Waals surface area contributed by atoms with E-state index in [1.54, 1.807) is 0 Å². The zero-order chi connectivity index (χ0) is 42.8. The summed E-state index contributed by atoms with van der Waals surface area (Å²) in [5.41, 5.74) is 19.7. The summed E-state index contributed by atoms with van der Waals surface area (Å²) in [5, 5.41) is 25.0. The van der Waals surface area contributed by atoms with E-state index in [1.807, 2.05) is 24.3 Å². The number of nitrogens with zero attached hydrogens (tertiary/aromatic N) is 4. The van der Waals surface area contributed by atoms with Crippen LogP contribution in [0.1, 0.15) is 27.8 Å². The van der Waals surface area contributed by atoms with Crippen LogP contribution >= 0.6 is 0 Å². The number of aromatic nitrogens is 2. The lowest BCUT2D eigenvalue weighted by Crippen LogP contribution is -2.01. The van der Waals surface area contributed by atoms with Gasteiger partial charge in [0.15, 0.2) is 0 Å². The van der Waals surface area contributed by atoms with Gasteiger partial charge in [-0.15, -0.1) is 0 Å². The number of aryl methyl sites for hydroxylation is 3. The summed E-state index contributed by atoms with van der Waals surface area (Å²) in [6, 6.07) is 71.6. The molecule has 9 aromatic carbocycles. The SMILES string of the molecule is Cc1ccc(-c2ccc3c(c2)c2ccccc2n3-c2ccc(-c3ccc(C#N)cc3C)c(-c3cc(C#N)ccc3-n3c4ccccc4c4cc(-c5ccc(C)cc5)ccc43)c2)cc1. The van der Waals surface area contributed by atoms with Gasteiger partial charge in [0.2, 0.25) is 0 Å². The average Bonchev–Trinajstić information content (AvgIpc) is 3.84. The normalized spacial score (nSPS) is 11.4. The van der Waals surface area contributed by atoms with Crippen molar-refractivity contribution in [3.05, 3.63) is 216 Å². The van der Waals surface area contributed by atoms with Crippen molar-refractivity contribution in [2.45, 2.75) is 20.8 Å². The summed E-state index contributed by atoms with van der Waals surface area (Å²) < 4.78 is 4.72. The van der Waals surface area contributed by atoms with Crippen molar-refractivity contribution in [2.24, 2.45) is 0 Å². The first-order chi connectivity index (χ1) is 30.9. The largest absolute Gasteiger partial charge is 0.309 e. The molecule has 0 atom stereocenters. The summed E-state index contributed by atoms with van der Waals surface area (Å²) in [7, 11) is 0. The van der Waals surface area contributed by atoms with Crippen LogP contribution < -0.4 is 0 Å². The molecular weight excluding hydrogens is 765 g/mol. The highest BCUT2D eigenvalue weighted by Crippen LogP contribution is 2.44. The Morgan fingerprint density at radius 1 is 0.349 bits per heavy atom. The van der Waals surface area contributed by atoms with Crippen molar-refractivity contribution in [2.75, 3.05) is 0 Å². The number of rotatable bonds is 6. The monoisotopic (exact) mass is 804 g/mol. The Hall–Kier alpha value is -8.44. The first-order valence-corrected chi connectivity index (χ1v) is 21.3. The van der Waals surface area contributed by atoms with Gasteiger partial charge in [-0.2, -0.15) is 10.5 Å². The molecule has 11 rings (SSSR count). The zero-order valence-corrected chi connectivity index (χ0v) is 35.2. The van der Waals surface area contributed by atoms with Crippen LogP contribution in [0.4, 0.5) is 0 Å². The molecule has 11 aromatic rings. The minimum absolute atomic E-state index is 0.574. The molecule has 63 heavy (non-hydrogen) atoms. The number of nitriles is 2. The van der Waals surface area contributed by atoms with Gasteiger partial charge in [0, 0.05) is 32.8 Å². The van der Waals surface area contributed by atoms with Crippen LogP contribution in [0.5, 0.6) is 0 Å². The summed E-state index contributed by atoms with van der Waals surface area (Å²) in [6.45, 7) is 6.30. The highest BCUT2D eigenvalue weighted by Gasteiger charge is 2.22. The summed E-state index contributed by atoms with van der Waals surface area (Å²) >= 11 is 0. The van der Waals surface area contributed by atoms with Crippen molar-refractivity contribution < 1.29 is 0 Å². The van der Waals surface area contributed by atoms with Crippen LogP contribution in [0.3, 0.4) is 0 Å². The molecule has 0 aliphatic heterocycles. The van der Waals surface area contributed by atoms with E-state index < -0.39 is 0 Å². The molecule has 296 valence electrons. The highest BCUT2D eigenvalue weighted by atomic mass is 15.0. The molecule has 0 spiro atoms. The third-order valence-corrected chi connectivity index (χ3v) is 12.7. The Labute approximate surface area is 366 Å². The maximum atomic E-state index is 10.5. The van der Waals surface area contributed by atoms with Gasteiger partial charge >= 0.3 is 0 Å². The lowest BCUT2D eigenvalue weighted by molar-refractivity contribution is 1.17. The summed E-state index contributed by atoms with van der Waals surface area (Å²) in [6.07, 6.45) is 0. The Morgan fingerprint density at radius 2 is 0.841 bits per heavy atom. The molecule has 0 radical (unpaired) electrons. The molecule has 0 saturated heterocycles. The molecule has 2 aromatic heterocycles. The van der Waals surface area contributed by atoms with Crippen LogP contribution in [0.25, 0.3) is 99.5 Å². The molecule has 2 heterocycles. The number of para-hydroxylation sites is 2. The lowest BCUT2D eigenvalue weighted by atomic mass is 9.89. The van der Waals surface area contributed by atoms with E-state index in [9.17, 15) is 10.5 Å². The van der Waals surface area contributed by atoms with E-state index in [-0.39, 0.29) is 0 Å². The van der Waals surface area contributed by atoms with Crippen molar-refractivity contribution in [3.8, 4) is 68.0 Å². The molecular formula is C59H40N4. The zero-order valence-electron chi connectivity index (χ0n) is 35.2. The van der Waals surface area contributed by atoms with Gasteiger partial charge in [-0.05, 0) is 144 Å². The van der Waals surface area contributed by atoms with E-state index in [1.165, 1.54) is 38.6 Å². The Kier molecular flexibility index (Phi) is 8.90. The minimum Gasteiger partial charge on any atom is -0.309 e. The molecule has 0 saturated carbocycles. The van der Waals surface area contributed by atoms with E-state index >= 15 is 0 Å². The molecule has 0 fully saturated rings. The molecule has 0 bridgehead atoms. The van der Waals surface area contributed by atoms with Gasteiger partial charge in [0.25, 0.3) is 0 Å². The fourth-order valence-corrected chi connectivity index (χ4v) is 9.52. The quantitative estimate of drug-likeness (QED) is 0.168. The molecule has 0 N–H and O–H groups in total. The molecule has 4 heteroatoms. The van der Waals surface area contributed by atoms with Crippen molar-refractivity contribution in [1.82, 2.24) is 9.13 Å². The lowest BCUT2D eigenvalue weighted by Gasteiger charge is -2.20. The first-order valence-electron chi connectivity index (χ1n) is 21.3. The molecule has 0 unspecified atom stereocenters. The van der Waals surface area contributed by atoms with Gasteiger partial charge in [-0.25, -0.2) is 0 Å². The molecule has 4 nitrogen and oxygen atoms in total. The molecule has 0 aliphatic rings. The van der Waals surface area contributed by atoms with Crippen LogP contribution in [-0.2, 0) is 0 Å². The highest BCUT2D eigenvalue weighted by molar-refractivity contribution is 6.12. The number of hydrogen-bond acceptors (Lipinski definition) is 2. The van der Waals surface area contributed by atoms with Gasteiger partial charge < -0.3 is 9.13 Å². The maximum Gasteiger partial charge on any atom is 0.0991 e. The topological polar surface area (TPSA) is 57.4 Å². The van der Waals surface area contributed by atoms with E-state index in [0.29, 0.717) is 11.1 Å². The van der Waals surface area contributed by atoms with Gasteiger partial charge in [0.05, 0.1) is 51.0 Å². The predicted molar refractivity (Wildman–Crippen MR) is 261 cm³/mol. The van der Waals surface area contributed by atoms with Crippen LogP contribution in [-0.4, -0.2) is 9.13 Å². The van der Waals surface area contributed by atoms with Crippen LogP contribution in [0.2, 0.25) is 0 Å². The van der Waals surface area contributed by atoms with Crippen LogP contribution in [0.15, 0.2) is 188 Å². The van der Waals surface area contributed by atoms with Crippen LogP contribution in [0, 0.1) is 43.4 Å². The van der Waals surface area contributed by atoms with Gasteiger partial charge in [-0.1, -0.05) is 120 Å². The second-order valence-corrected chi connectivity index (χ2v) is 16.6. The van der Waals surface area contributed by atoms with E-state index in [0.717, 1.165) is 77.6 Å². The number of benzene rings is 9. The Morgan fingerprint density at radius 3 is 1.43 bits per heavy atom.